The van der Waals surface area contributed by atoms with Gasteiger partial charge in [-0.2, -0.15) is 0 Å². The third kappa shape index (κ3) is 4.80. The van der Waals surface area contributed by atoms with Gasteiger partial charge >= 0.3 is 0 Å². The summed E-state index contributed by atoms with van der Waals surface area (Å²) in [5.41, 5.74) is 1.28. The van der Waals surface area contributed by atoms with Gasteiger partial charge < -0.3 is 9.84 Å². The van der Waals surface area contributed by atoms with Crippen LogP contribution >= 0.6 is 11.6 Å². The van der Waals surface area contributed by atoms with Crippen LogP contribution in [0.25, 0.3) is 0 Å². The van der Waals surface area contributed by atoms with Crippen molar-refractivity contribution >= 4 is 27.5 Å². The number of hydrogen-bond acceptors (Lipinski definition) is 5. The predicted molar refractivity (Wildman–Crippen MR) is 89.3 cm³/mol. The first-order chi connectivity index (χ1) is 11.3. The zero-order valence-electron chi connectivity index (χ0n) is 13.3. The Bertz CT molecular complexity index is 796. The van der Waals surface area contributed by atoms with Gasteiger partial charge in [-0.15, -0.1) is 0 Å². The number of carbonyl (C=O) groups is 1. The quantitative estimate of drug-likeness (QED) is 0.769. The van der Waals surface area contributed by atoms with Crippen LogP contribution < -0.4 is 10.0 Å². The van der Waals surface area contributed by atoms with Crippen LogP contribution in [0.5, 0.6) is 0 Å². The van der Waals surface area contributed by atoms with Gasteiger partial charge in [0, 0.05) is 11.6 Å². The van der Waals surface area contributed by atoms with Crippen LogP contribution in [0.15, 0.2) is 33.7 Å². The van der Waals surface area contributed by atoms with E-state index < -0.39 is 15.9 Å². The lowest BCUT2D eigenvalue weighted by Gasteiger charge is -2.08. The highest BCUT2D eigenvalue weighted by Gasteiger charge is 2.24. The van der Waals surface area contributed by atoms with Gasteiger partial charge in [-0.3, -0.25) is 4.79 Å². The van der Waals surface area contributed by atoms with Gasteiger partial charge in [-0.25, -0.2) is 13.1 Å². The number of nitrogens with zero attached hydrogens (tertiary/aromatic N) is 1. The fourth-order valence-corrected chi connectivity index (χ4v) is 3.58. The first-order valence-electron chi connectivity index (χ1n) is 7.23. The number of benzene rings is 1. The van der Waals surface area contributed by atoms with E-state index in [1.807, 2.05) is 12.1 Å². The lowest BCUT2D eigenvalue weighted by atomic mass is 10.1. The third-order valence-electron chi connectivity index (χ3n) is 3.31. The summed E-state index contributed by atoms with van der Waals surface area (Å²) in [4.78, 5) is 11.7. The lowest BCUT2D eigenvalue weighted by Crippen LogP contribution is -2.37. The number of nitrogens with one attached hydrogen (secondary N) is 2. The van der Waals surface area contributed by atoms with Crippen molar-refractivity contribution in [1.29, 1.82) is 0 Å². The maximum absolute atomic E-state index is 12.2. The summed E-state index contributed by atoms with van der Waals surface area (Å²) < 4.78 is 31.4. The molecule has 1 aromatic carbocycles. The molecule has 0 unspecified atom stereocenters. The van der Waals surface area contributed by atoms with E-state index in [0.29, 0.717) is 18.0 Å². The van der Waals surface area contributed by atoms with Gasteiger partial charge in [-0.05, 0) is 38.0 Å². The fraction of sp³-hybridized carbons (Fsp3) is 0.333. The van der Waals surface area contributed by atoms with Gasteiger partial charge in [0.1, 0.15) is 10.6 Å². The number of sulfonamides is 1. The average Bonchev–Trinajstić information content (AvgIpc) is 2.87. The minimum atomic E-state index is -3.84. The Balaban J connectivity index is 1.81. The average molecular weight is 372 g/mol. The number of amides is 1. The molecule has 2 rings (SSSR count). The molecule has 0 aliphatic carbocycles. The van der Waals surface area contributed by atoms with Crippen LogP contribution in [0.1, 0.15) is 17.0 Å². The van der Waals surface area contributed by atoms with E-state index in [-0.39, 0.29) is 22.9 Å². The molecule has 0 saturated heterocycles. The van der Waals surface area contributed by atoms with Gasteiger partial charge in [0.25, 0.3) is 0 Å². The summed E-state index contributed by atoms with van der Waals surface area (Å²) in [5.74, 6) is -0.234. The van der Waals surface area contributed by atoms with E-state index in [1.165, 1.54) is 13.8 Å². The minimum Gasteiger partial charge on any atom is -0.360 e. The maximum Gasteiger partial charge on any atom is 0.246 e. The molecule has 0 spiro atoms. The summed E-state index contributed by atoms with van der Waals surface area (Å²) in [6.45, 7) is 3.07. The number of hydrogen-bond donors (Lipinski definition) is 2. The molecular formula is C15H18ClN3O4S. The second-order valence-electron chi connectivity index (χ2n) is 5.20. The van der Waals surface area contributed by atoms with Crippen molar-refractivity contribution in [3.8, 4) is 0 Å². The molecule has 130 valence electrons. The van der Waals surface area contributed by atoms with Crippen molar-refractivity contribution < 1.29 is 17.7 Å². The van der Waals surface area contributed by atoms with Gasteiger partial charge in [0.15, 0.2) is 5.76 Å². The normalized spacial score (nSPS) is 11.5. The van der Waals surface area contributed by atoms with Crippen LogP contribution in [0, 0.1) is 13.8 Å². The second kappa shape index (κ2) is 7.78. The molecule has 2 aromatic rings. The molecule has 0 atom stereocenters. The molecule has 0 fully saturated rings. The summed E-state index contributed by atoms with van der Waals surface area (Å²) in [7, 11) is -3.84. The number of carbonyl (C=O) groups excluding carboxylic acids is 1. The summed E-state index contributed by atoms with van der Waals surface area (Å²) in [6.07, 6.45) is 0.625. The van der Waals surface area contributed by atoms with E-state index in [0.717, 1.165) is 5.56 Å². The standard InChI is InChI=1S/C15H18ClN3O4S/c1-10-15(11(2)23-19-10)24(21,22)18-9-14(20)17-8-7-12-3-5-13(16)6-4-12/h3-6,18H,7-9H2,1-2H3,(H,17,20). The topological polar surface area (TPSA) is 101 Å². The Labute approximate surface area is 145 Å². The summed E-state index contributed by atoms with van der Waals surface area (Å²) >= 11 is 5.80. The summed E-state index contributed by atoms with van der Waals surface area (Å²) in [5, 5.41) is 6.90. The monoisotopic (exact) mass is 371 g/mol. The Hall–Kier alpha value is -1.90. The number of halogens is 1. The highest BCUT2D eigenvalue weighted by molar-refractivity contribution is 7.89. The molecule has 0 aliphatic heterocycles. The van der Waals surface area contributed by atoms with E-state index in [9.17, 15) is 13.2 Å². The van der Waals surface area contributed by atoms with Crippen molar-refractivity contribution in [1.82, 2.24) is 15.2 Å². The molecule has 0 radical (unpaired) electrons. The van der Waals surface area contributed by atoms with E-state index in [4.69, 9.17) is 16.1 Å². The van der Waals surface area contributed by atoms with Crippen molar-refractivity contribution in [2.45, 2.75) is 25.2 Å². The molecule has 0 aliphatic rings. The molecule has 0 saturated carbocycles. The van der Waals surface area contributed by atoms with Crippen LogP contribution in [0.3, 0.4) is 0 Å². The molecule has 1 aromatic heterocycles. The van der Waals surface area contributed by atoms with Gasteiger partial charge in [0.05, 0.1) is 6.54 Å². The van der Waals surface area contributed by atoms with E-state index >= 15 is 0 Å². The minimum absolute atomic E-state index is 0.0311. The van der Waals surface area contributed by atoms with E-state index in [2.05, 4.69) is 15.2 Å². The molecule has 24 heavy (non-hydrogen) atoms. The zero-order valence-corrected chi connectivity index (χ0v) is 14.9. The fourth-order valence-electron chi connectivity index (χ4n) is 2.15. The SMILES string of the molecule is Cc1noc(C)c1S(=O)(=O)NCC(=O)NCCc1ccc(Cl)cc1. The van der Waals surface area contributed by atoms with Gasteiger partial charge in [-0.1, -0.05) is 28.9 Å². The lowest BCUT2D eigenvalue weighted by molar-refractivity contribution is -0.119. The van der Waals surface area contributed by atoms with E-state index in [1.54, 1.807) is 12.1 Å². The van der Waals surface area contributed by atoms with Crippen LogP contribution in [-0.2, 0) is 21.2 Å². The molecule has 7 nitrogen and oxygen atoms in total. The van der Waals surface area contributed by atoms with Crippen molar-refractivity contribution in [2.75, 3.05) is 13.1 Å². The molecule has 9 heteroatoms. The molecular weight excluding hydrogens is 354 g/mol. The first-order valence-corrected chi connectivity index (χ1v) is 9.09. The van der Waals surface area contributed by atoms with Crippen LogP contribution in [0.2, 0.25) is 5.02 Å². The second-order valence-corrected chi connectivity index (χ2v) is 7.34. The Morgan fingerprint density at radius 3 is 2.50 bits per heavy atom. The predicted octanol–water partition coefficient (Wildman–Crippen LogP) is 1.58. The molecule has 0 bridgehead atoms. The number of rotatable bonds is 7. The first kappa shape index (κ1) is 18.4. The van der Waals surface area contributed by atoms with Crippen LogP contribution in [0.4, 0.5) is 0 Å². The van der Waals surface area contributed by atoms with Gasteiger partial charge in [0.2, 0.25) is 15.9 Å². The molecule has 1 heterocycles. The highest BCUT2D eigenvalue weighted by Crippen LogP contribution is 2.18. The molecule has 1 amide bonds. The third-order valence-corrected chi connectivity index (χ3v) is 5.21. The molecule has 2 N–H and O–H groups in total. The smallest absolute Gasteiger partial charge is 0.246 e. The maximum atomic E-state index is 12.2. The highest BCUT2D eigenvalue weighted by atomic mass is 35.5. The largest absolute Gasteiger partial charge is 0.360 e. The summed E-state index contributed by atoms with van der Waals surface area (Å²) in [6, 6.07) is 7.29. The van der Waals surface area contributed by atoms with Crippen molar-refractivity contribution in [3.05, 3.63) is 46.3 Å². The Kier molecular flexibility index (Phi) is 5.98. The Morgan fingerprint density at radius 1 is 1.25 bits per heavy atom. The Morgan fingerprint density at radius 2 is 1.92 bits per heavy atom. The van der Waals surface area contributed by atoms with Crippen molar-refractivity contribution in [3.63, 3.8) is 0 Å². The van der Waals surface area contributed by atoms with Crippen LogP contribution in [-0.4, -0.2) is 32.6 Å². The van der Waals surface area contributed by atoms with Crippen molar-refractivity contribution in [2.24, 2.45) is 0 Å². The zero-order chi connectivity index (χ0) is 17.7. The number of aromatic nitrogens is 1. The number of aryl methyl sites for hydroxylation is 2.